The maximum Gasteiger partial charge on any atom is 0.387 e. The third kappa shape index (κ3) is 5.14. The van der Waals surface area contributed by atoms with Crippen LogP contribution in [0.4, 0.5) is 8.78 Å². The van der Waals surface area contributed by atoms with Crippen molar-refractivity contribution in [3.8, 4) is 22.8 Å². The summed E-state index contributed by atoms with van der Waals surface area (Å²) in [7, 11) is 0. The molecule has 0 spiro atoms. The van der Waals surface area contributed by atoms with Gasteiger partial charge in [-0.3, -0.25) is 4.79 Å². The molecule has 0 radical (unpaired) electrons. The number of alkyl halides is 2. The molecule has 2 heterocycles. The minimum absolute atomic E-state index is 0.0149. The molecular formula is C26H26F2N4O2S. The van der Waals surface area contributed by atoms with Gasteiger partial charge in [-0.05, 0) is 58.0 Å². The Morgan fingerprint density at radius 3 is 2.37 bits per heavy atom. The van der Waals surface area contributed by atoms with Crippen LogP contribution in [0.5, 0.6) is 5.75 Å². The van der Waals surface area contributed by atoms with E-state index < -0.39 is 6.61 Å². The second-order valence-corrected chi connectivity index (χ2v) is 9.34. The Labute approximate surface area is 206 Å². The van der Waals surface area contributed by atoms with Crippen molar-refractivity contribution in [3.05, 3.63) is 77.6 Å². The number of aromatic nitrogens is 4. The van der Waals surface area contributed by atoms with E-state index in [4.69, 9.17) is 0 Å². The van der Waals surface area contributed by atoms with E-state index in [9.17, 15) is 13.6 Å². The summed E-state index contributed by atoms with van der Waals surface area (Å²) in [6.45, 7) is 5.49. The molecule has 35 heavy (non-hydrogen) atoms. The average Bonchev–Trinajstić information content (AvgIpc) is 3.38. The van der Waals surface area contributed by atoms with E-state index in [2.05, 4.69) is 14.9 Å². The minimum Gasteiger partial charge on any atom is -0.435 e. The Bertz CT molecular complexity index is 1320. The number of thioether (sulfide) groups is 1. The van der Waals surface area contributed by atoms with Crippen molar-refractivity contribution in [1.29, 1.82) is 0 Å². The van der Waals surface area contributed by atoms with Gasteiger partial charge in [0, 0.05) is 34.7 Å². The number of ketones is 1. The Kier molecular flexibility index (Phi) is 7.35. The molecule has 0 saturated heterocycles. The van der Waals surface area contributed by atoms with E-state index in [0.29, 0.717) is 17.3 Å². The van der Waals surface area contributed by atoms with Crippen molar-refractivity contribution in [2.24, 2.45) is 0 Å². The monoisotopic (exact) mass is 496 g/mol. The van der Waals surface area contributed by atoms with Crippen molar-refractivity contribution in [2.45, 2.75) is 51.3 Å². The first-order chi connectivity index (χ1) is 16.8. The minimum atomic E-state index is -2.87. The predicted octanol–water partition coefficient (Wildman–Crippen LogP) is 6.34. The molecule has 0 bridgehead atoms. The Morgan fingerprint density at radius 1 is 1.06 bits per heavy atom. The van der Waals surface area contributed by atoms with Gasteiger partial charge in [-0.15, -0.1) is 10.2 Å². The van der Waals surface area contributed by atoms with Crippen LogP contribution in [0.15, 0.2) is 65.8 Å². The van der Waals surface area contributed by atoms with Crippen LogP contribution in [0, 0.1) is 13.8 Å². The molecule has 0 N–H and O–H groups in total. The molecule has 0 aliphatic heterocycles. The third-order valence-corrected chi connectivity index (χ3v) is 6.81. The van der Waals surface area contributed by atoms with E-state index >= 15 is 0 Å². The Balaban J connectivity index is 1.56. The van der Waals surface area contributed by atoms with E-state index in [1.165, 1.54) is 23.9 Å². The van der Waals surface area contributed by atoms with Crippen molar-refractivity contribution in [2.75, 3.05) is 0 Å². The maximum atomic E-state index is 13.4. The number of carbonyl (C=O) groups excluding carboxylic acids is 1. The lowest BCUT2D eigenvalue weighted by atomic mass is 10.1. The van der Waals surface area contributed by atoms with Gasteiger partial charge in [0.05, 0.1) is 5.25 Å². The van der Waals surface area contributed by atoms with Crippen LogP contribution >= 0.6 is 11.8 Å². The number of hydrogen-bond acceptors (Lipinski definition) is 5. The number of aryl methyl sites for hydroxylation is 1. The van der Waals surface area contributed by atoms with Crippen LogP contribution in [-0.2, 0) is 6.54 Å². The van der Waals surface area contributed by atoms with Gasteiger partial charge in [-0.2, -0.15) is 8.78 Å². The van der Waals surface area contributed by atoms with Gasteiger partial charge < -0.3 is 13.9 Å². The zero-order valence-electron chi connectivity index (χ0n) is 19.9. The lowest BCUT2D eigenvalue weighted by molar-refractivity contribution is -0.0498. The zero-order chi connectivity index (χ0) is 25.1. The number of halogens is 2. The molecule has 2 aromatic carbocycles. The van der Waals surface area contributed by atoms with Crippen molar-refractivity contribution < 1.29 is 18.3 Å². The second-order valence-electron chi connectivity index (χ2n) is 8.03. The molecule has 2 aromatic heterocycles. The second kappa shape index (κ2) is 10.4. The fraction of sp³-hybridized carbons (Fsp3) is 0.269. The molecule has 0 saturated carbocycles. The highest BCUT2D eigenvalue weighted by molar-refractivity contribution is 8.00. The standard InChI is InChI=1S/C26H26F2N4O2S/c1-5-31-24(19-9-7-6-8-10-19)29-30-26(31)35-18(4)23(33)22-15-16(2)32(17(22)3)20-11-13-21(14-12-20)34-25(27)28/h6-15,18,25H,5H2,1-4H3. The summed E-state index contributed by atoms with van der Waals surface area (Å²) in [5.41, 5.74) is 4.00. The summed E-state index contributed by atoms with van der Waals surface area (Å²) < 4.78 is 33.3. The predicted molar refractivity (Wildman–Crippen MR) is 133 cm³/mol. The number of nitrogens with zero attached hydrogens (tertiary/aromatic N) is 4. The normalized spacial score (nSPS) is 12.2. The summed E-state index contributed by atoms with van der Waals surface area (Å²) in [5, 5.41) is 9.02. The van der Waals surface area contributed by atoms with Gasteiger partial charge in [-0.1, -0.05) is 42.1 Å². The van der Waals surface area contributed by atoms with E-state index in [-0.39, 0.29) is 16.8 Å². The van der Waals surface area contributed by atoms with Crippen LogP contribution in [0.1, 0.15) is 35.6 Å². The quantitative estimate of drug-likeness (QED) is 0.200. The van der Waals surface area contributed by atoms with Gasteiger partial charge in [0.25, 0.3) is 0 Å². The Morgan fingerprint density at radius 2 is 1.74 bits per heavy atom. The molecule has 6 nitrogen and oxygen atoms in total. The number of carbonyl (C=O) groups is 1. The number of Topliss-reactive ketones (excluding diaryl/α,β-unsaturated/α-hetero) is 1. The molecule has 4 rings (SSSR count). The summed E-state index contributed by atoms with van der Waals surface area (Å²) in [6.07, 6.45) is 0. The molecule has 4 aromatic rings. The number of hydrogen-bond donors (Lipinski definition) is 0. The van der Waals surface area contributed by atoms with Crippen molar-refractivity contribution in [3.63, 3.8) is 0 Å². The fourth-order valence-electron chi connectivity index (χ4n) is 4.08. The van der Waals surface area contributed by atoms with Gasteiger partial charge >= 0.3 is 6.61 Å². The van der Waals surface area contributed by atoms with E-state index in [1.54, 1.807) is 12.1 Å². The highest BCUT2D eigenvalue weighted by Gasteiger charge is 2.25. The van der Waals surface area contributed by atoms with Gasteiger partial charge in [0.2, 0.25) is 0 Å². The van der Waals surface area contributed by atoms with Crippen LogP contribution < -0.4 is 4.74 Å². The molecular weight excluding hydrogens is 470 g/mol. The fourth-order valence-corrected chi connectivity index (χ4v) is 5.06. The summed E-state index contributed by atoms with van der Waals surface area (Å²) in [6, 6.07) is 18.1. The first-order valence-electron chi connectivity index (χ1n) is 11.2. The molecule has 0 amide bonds. The molecule has 0 aliphatic carbocycles. The van der Waals surface area contributed by atoms with Crippen molar-refractivity contribution >= 4 is 17.5 Å². The number of benzene rings is 2. The number of rotatable bonds is 9. The maximum absolute atomic E-state index is 13.4. The smallest absolute Gasteiger partial charge is 0.387 e. The topological polar surface area (TPSA) is 61.9 Å². The zero-order valence-corrected chi connectivity index (χ0v) is 20.7. The summed E-state index contributed by atoms with van der Waals surface area (Å²) in [5.74, 6) is 0.842. The van der Waals surface area contributed by atoms with Crippen molar-refractivity contribution in [1.82, 2.24) is 19.3 Å². The van der Waals surface area contributed by atoms with E-state index in [0.717, 1.165) is 28.5 Å². The SMILES string of the molecule is CCn1c(SC(C)C(=O)c2cc(C)n(-c3ccc(OC(F)F)cc3)c2C)nnc1-c1ccccc1. The molecule has 182 valence electrons. The molecule has 1 unspecified atom stereocenters. The third-order valence-electron chi connectivity index (χ3n) is 5.73. The Hall–Kier alpha value is -3.46. The largest absolute Gasteiger partial charge is 0.435 e. The first kappa shape index (κ1) is 24.7. The molecule has 0 fully saturated rings. The van der Waals surface area contributed by atoms with Crippen LogP contribution in [0.25, 0.3) is 17.1 Å². The van der Waals surface area contributed by atoms with Gasteiger partial charge in [0.15, 0.2) is 16.8 Å². The van der Waals surface area contributed by atoms with Gasteiger partial charge in [-0.25, -0.2) is 0 Å². The highest BCUT2D eigenvalue weighted by Crippen LogP contribution is 2.30. The van der Waals surface area contributed by atoms with E-state index in [1.807, 2.05) is 73.2 Å². The van der Waals surface area contributed by atoms with Gasteiger partial charge in [0.1, 0.15) is 5.75 Å². The summed E-state index contributed by atoms with van der Waals surface area (Å²) >= 11 is 1.38. The lowest BCUT2D eigenvalue weighted by Gasteiger charge is -2.13. The molecule has 0 aliphatic rings. The first-order valence-corrected chi connectivity index (χ1v) is 12.1. The highest BCUT2D eigenvalue weighted by atomic mass is 32.2. The van der Waals surface area contributed by atoms with Crippen LogP contribution in [-0.4, -0.2) is 37.0 Å². The molecule has 1 atom stereocenters. The average molecular weight is 497 g/mol. The van der Waals surface area contributed by atoms with Crippen LogP contribution in [0.3, 0.4) is 0 Å². The van der Waals surface area contributed by atoms with Crippen LogP contribution in [0.2, 0.25) is 0 Å². The lowest BCUT2D eigenvalue weighted by Crippen LogP contribution is -2.15. The summed E-state index contributed by atoms with van der Waals surface area (Å²) in [4.78, 5) is 13.4. The molecule has 9 heteroatoms. The number of ether oxygens (including phenoxy) is 1.